The lowest BCUT2D eigenvalue weighted by molar-refractivity contribution is 0.188. The molecule has 0 saturated heterocycles. The maximum absolute atomic E-state index is 10.6. The zero-order chi connectivity index (χ0) is 11.3. The summed E-state index contributed by atoms with van der Waals surface area (Å²) in [5.41, 5.74) is 0. The summed E-state index contributed by atoms with van der Waals surface area (Å²) in [7, 11) is 0. The molecule has 1 unspecified atom stereocenters. The van der Waals surface area contributed by atoms with Crippen LogP contribution in [-0.4, -0.2) is 22.2 Å². The van der Waals surface area contributed by atoms with Gasteiger partial charge in [0.05, 0.1) is 5.01 Å². The summed E-state index contributed by atoms with van der Waals surface area (Å²) in [6, 6.07) is -0.0337. The molecule has 1 aromatic rings. The Morgan fingerprint density at radius 1 is 1.67 bits per heavy atom. The topological polar surface area (TPSA) is 62.2 Å². The third-order valence-electron chi connectivity index (χ3n) is 1.99. The van der Waals surface area contributed by atoms with E-state index < -0.39 is 6.09 Å². The standard InChI is InChI=1S/C10H16N2O2S/c1-7(2)5-8(12-10(13)14)6-9-11-3-4-15-9/h3-4,7-8,12H,5-6H2,1-2H3,(H,13,14). The quantitative estimate of drug-likeness (QED) is 0.813. The van der Waals surface area contributed by atoms with E-state index in [0.29, 0.717) is 12.3 Å². The first-order valence-electron chi connectivity index (χ1n) is 4.95. The predicted octanol–water partition coefficient (Wildman–Crippen LogP) is 2.37. The second-order valence-corrected chi connectivity index (χ2v) is 4.89. The average molecular weight is 228 g/mol. The first-order chi connectivity index (χ1) is 7.08. The van der Waals surface area contributed by atoms with Crippen LogP contribution in [0.1, 0.15) is 25.3 Å². The summed E-state index contributed by atoms with van der Waals surface area (Å²) in [5, 5.41) is 14.1. The van der Waals surface area contributed by atoms with Gasteiger partial charge in [-0.2, -0.15) is 0 Å². The van der Waals surface area contributed by atoms with Crippen molar-refractivity contribution in [2.75, 3.05) is 0 Å². The number of carbonyl (C=O) groups is 1. The Bertz CT molecular complexity index is 298. The minimum Gasteiger partial charge on any atom is -0.465 e. The Balaban J connectivity index is 2.52. The summed E-state index contributed by atoms with van der Waals surface area (Å²) < 4.78 is 0. The molecule has 0 spiro atoms. The molecule has 1 heterocycles. The van der Waals surface area contributed by atoms with Gasteiger partial charge in [0.1, 0.15) is 0 Å². The number of nitrogens with zero attached hydrogens (tertiary/aromatic N) is 1. The van der Waals surface area contributed by atoms with E-state index in [-0.39, 0.29) is 6.04 Å². The van der Waals surface area contributed by atoms with Crippen LogP contribution in [0.2, 0.25) is 0 Å². The van der Waals surface area contributed by atoms with E-state index in [2.05, 4.69) is 24.1 Å². The van der Waals surface area contributed by atoms with Gasteiger partial charge in [-0.25, -0.2) is 9.78 Å². The zero-order valence-electron chi connectivity index (χ0n) is 8.93. The van der Waals surface area contributed by atoms with Crippen molar-refractivity contribution in [3.63, 3.8) is 0 Å². The monoisotopic (exact) mass is 228 g/mol. The van der Waals surface area contributed by atoms with E-state index in [1.54, 1.807) is 17.5 Å². The van der Waals surface area contributed by atoms with Crippen molar-refractivity contribution in [2.24, 2.45) is 5.92 Å². The molecule has 0 saturated carbocycles. The summed E-state index contributed by atoms with van der Waals surface area (Å²) >= 11 is 1.56. The SMILES string of the molecule is CC(C)CC(Cc1nccs1)NC(=O)O. The largest absolute Gasteiger partial charge is 0.465 e. The highest BCUT2D eigenvalue weighted by atomic mass is 32.1. The van der Waals surface area contributed by atoms with E-state index in [9.17, 15) is 4.79 Å². The number of aromatic nitrogens is 1. The van der Waals surface area contributed by atoms with Crippen LogP contribution in [0.5, 0.6) is 0 Å². The van der Waals surface area contributed by atoms with Gasteiger partial charge < -0.3 is 10.4 Å². The molecular formula is C10H16N2O2S. The minimum atomic E-state index is -0.961. The van der Waals surface area contributed by atoms with Crippen LogP contribution in [0.15, 0.2) is 11.6 Å². The highest BCUT2D eigenvalue weighted by molar-refractivity contribution is 7.09. The molecule has 1 atom stereocenters. The van der Waals surface area contributed by atoms with Gasteiger partial charge in [0.25, 0.3) is 0 Å². The number of nitrogens with one attached hydrogen (secondary N) is 1. The Hall–Kier alpha value is -1.10. The van der Waals surface area contributed by atoms with Crippen molar-refractivity contribution < 1.29 is 9.90 Å². The first-order valence-corrected chi connectivity index (χ1v) is 5.83. The number of hydrogen-bond acceptors (Lipinski definition) is 3. The Morgan fingerprint density at radius 2 is 2.40 bits per heavy atom. The molecule has 0 aromatic carbocycles. The van der Waals surface area contributed by atoms with Gasteiger partial charge in [0.2, 0.25) is 0 Å². The molecule has 84 valence electrons. The summed E-state index contributed by atoms with van der Waals surface area (Å²) in [4.78, 5) is 14.7. The van der Waals surface area contributed by atoms with E-state index in [1.165, 1.54) is 0 Å². The van der Waals surface area contributed by atoms with Crippen LogP contribution in [0.4, 0.5) is 4.79 Å². The summed E-state index contributed by atoms with van der Waals surface area (Å²) in [5.74, 6) is 0.474. The van der Waals surface area contributed by atoms with E-state index in [4.69, 9.17) is 5.11 Å². The van der Waals surface area contributed by atoms with E-state index in [1.807, 2.05) is 5.38 Å². The molecule has 0 aliphatic heterocycles. The molecule has 1 rings (SSSR count). The van der Waals surface area contributed by atoms with Gasteiger partial charge in [-0.05, 0) is 12.3 Å². The van der Waals surface area contributed by atoms with Crippen LogP contribution in [0.25, 0.3) is 0 Å². The summed E-state index contributed by atoms with van der Waals surface area (Å²) in [6.07, 6.45) is 2.30. The average Bonchev–Trinajstić information content (AvgIpc) is 2.53. The minimum absolute atomic E-state index is 0.0337. The molecule has 0 aliphatic rings. The lowest BCUT2D eigenvalue weighted by Gasteiger charge is -2.17. The molecule has 2 N–H and O–H groups in total. The van der Waals surface area contributed by atoms with Crippen LogP contribution in [0, 0.1) is 5.92 Å². The predicted molar refractivity (Wildman–Crippen MR) is 60.2 cm³/mol. The van der Waals surface area contributed by atoms with Gasteiger partial charge in [-0.1, -0.05) is 13.8 Å². The molecule has 0 aliphatic carbocycles. The maximum atomic E-state index is 10.6. The van der Waals surface area contributed by atoms with Crippen LogP contribution < -0.4 is 5.32 Å². The number of rotatable bonds is 5. The molecule has 1 amide bonds. The third-order valence-corrected chi connectivity index (χ3v) is 2.79. The molecule has 5 heteroatoms. The normalized spacial score (nSPS) is 12.7. The van der Waals surface area contributed by atoms with Crippen molar-refractivity contribution in [1.29, 1.82) is 0 Å². The van der Waals surface area contributed by atoms with Gasteiger partial charge in [0, 0.05) is 24.0 Å². The smallest absolute Gasteiger partial charge is 0.404 e. The third kappa shape index (κ3) is 4.78. The zero-order valence-corrected chi connectivity index (χ0v) is 9.75. The molecule has 15 heavy (non-hydrogen) atoms. The van der Waals surface area contributed by atoms with Crippen molar-refractivity contribution in [3.05, 3.63) is 16.6 Å². The molecular weight excluding hydrogens is 212 g/mol. The lowest BCUT2D eigenvalue weighted by atomic mass is 10.0. The summed E-state index contributed by atoms with van der Waals surface area (Å²) in [6.45, 7) is 4.16. The lowest BCUT2D eigenvalue weighted by Crippen LogP contribution is -2.36. The van der Waals surface area contributed by atoms with E-state index >= 15 is 0 Å². The Labute approximate surface area is 93.4 Å². The van der Waals surface area contributed by atoms with Crippen molar-refractivity contribution in [1.82, 2.24) is 10.3 Å². The second-order valence-electron chi connectivity index (χ2n) is 3.91. The van der Waals surface area contributed by atoms with Crippen LogP contribution in [0.3, 0.4) is 0 Å². The van der Waals surface area contributed by atoms with E-state index in [0.717, 1.165) is 11.4 Å². The van der Waals surface area contributed by atoms with Crippen molar-refractivity contribution in [2.45, 2.75) is 32.7 Å². The molecule has 0 radical (unpaired) electrons. The Kier molecular flexibility index (Phi) is 4.55. The number of carboxylic acid groups (broad SMARTS) is 1. The van der Waals surface area contributed by atoms with Crippen molar-refractivity contribution in [3.8, 4) is 0 Å². The van der Waals surface area contributed by atoms with Gasteiger partial charge in [0.15, 0.2) is 0 Å². The maximum Gasteiger partial charge on any atom is 0.404 e. The highest BCUT2D eigenvalue weighted by Crippen LogP contribution is 2.12. The van der Waals surface area contributed by atoms with Crippen molar-refractivity contribution >= 4 is 17.4 Å². The van der Waals surface area contributed by atoms with Gasteiger partial charge >= 0.3 is 6.09 Å². The van der Waals surface area contributed by atoms with Crippen LogP contribution in [-0.2, 0) is 6.42 Å². The van der Waals surface area contributed by atoms with Gasteiger partial charge in [-0.3, -0.25) is 0 Å². The first kappa shape index (κ1) is 12.0. The highest BCUT2D eigenvalue weighted by Gasteiger charge is 2.15. The molecule has 0 bridgehead atoms. The number of hydrogen-bond donors (Lipinski definition) is 2. The van der Waals surface area contributed by atoms with Gasteiger partial charge in [-0.15, -0.1) is 11.3 Å². The fourth-order valence-electron chi connectivity index (χ4n) is 1.50. The molecule has 1 aromatic heterocycles. The second kappa shape index (κ2) is 5.70. The molecule has 0 fully saturated rings. The molecule has 4 nitrogen and oxygen atoms in total. The number of thiazole rings is 1. The Morgan fingerprint density at radius 3 is 2.87 bits per heavy atom. The fraction of sp³-hybridized carbons (Fsp3) is 0.600. The fourth-order valence-corrected chi connectivity index (χ4v) is 2.20. The van der Waals surface area contributed by atoms with Crippen LogP contribution >= 0.6 is 11.3 Å². The number of amides is 1.